The van der Waals surface area contributed by atoms with E-state index in [-0.39, 0.29) is 24.3 Å². The zero-order chi connectivity index (χ0) is 22.8. The Morgan fingerprint density at radius 3 is 2.70 bits per heavy atom. The maximum atomic E-state index is 13.2. The van der Waals surface area contributed by atoms with Crippen LogP contribution in [0.3, 0.4) is 0 Å². The standard InChI is InChI=1S/C25H22N4O4/c1-2-32-20-13-12-16-8-6-7-11-19(16)22(20)23(31)26-25-28-27-24(33-25)17-14-21(30)29(15-17)18-9-4-3-5-10-18/h3-13,17H,2,14-15H2,1H3,(H,26,28,31). The molecule has 2 heterocycles. The van der Waals surface area contributed by atoms with Crippen molar-refractivity contribution in [1.29, 1.82) is 0 Å². The van der Waals surface area contributed by atoms with E-state index < -0.39 is 5.91 Å². The molecular formula is C25H22N4O4. The second-order valence-corrected chi connectivity index (χ2v) is 7.73. The summed E-state index contributed by atoms with van der Waals surface area (Å²) >= 11 is 0. The molecule has 1 saturated heterocycles. The van der Waals surface area contributed by atoms with Crippen LogP contribution in [0.5, 0.6) is 5.75 Å². The third-order valence-corrected chi connectivity index (χ3v) is 5.62. The van der Waals surface area contributed by atoms with E-state index in [0.29, 0.717) is 30.4 Å². The zero-order valence-electron chi connectivity index (χ0n) is 18.0. The number of carbonyl (C=O) groups is 2. The lowest BCUT2D eigenvalue weighted by atomic mass is 10.0. The molecule has 1 fully saturated rings. The molecule has 166 valence electrons. The Hall–Kier alpha value is -4.20. The first-order valence-corrected chi connectivity index (χ1v) is 10.8. The van der Waals surface area contributed by atoms with Crippen LogP contribution in [0.1, 0.15) is 35.5 Å². The van der Waals surface area contributed by atoms with Gasteiger partial charge in [0.05, 0.1) is 18.1 Å². The Labute approximate surface area is 190 Å². The number of ether oxygens (including phenoxy) is 1. The van der Waals surface area contributed by atoms with Gasteiger partial charge >= 0.3 is 6.01 Å². The molecule has 0 spiro atoms. The normalized spacial score (nSPS) is 15.7. The summed E-state index contributed by atoms with van der Waals surface area (Å²) in [5, 5.41) is 12.4. The van der Waals surface area contributed by atoms with Crippen molar-refractivity contribution in [3.63, 3.8) is 0 Å². The SMILES string of the molecule is CCOc1ccc2ccccc2c1C(=O)Nc1nnc(C2CC(=O)N(c3ccccc3)C2)o1. The van der Waals surface area contributed by atoms with Crippen molar-refractivity contribution >= 4 is 34.3 Å². The highest BCUT2D eigenvalue weighted by molar-refractivity contribution is 6.14. The highest BCUT2D eigenvalue weighted by atomic mass is 16.5. The molecule has 2 amide bonds. The predicted molar refractivity (Wildman–Crippen MR) is 124 cm³/mol. The van der Waals surface area contributed by atoms with Gasteiger partial charge < -0.3 is 14.1 Å². The van der Waals surface area contributed by atoms with Gasteiger partial charge in [-0.05, 0) is 35.9 Å². The van der Waals surface area contributed by atoms with Crippen LogP contribution in [-0.4, -0.2) is 35.2 Å². The summed E-state index contributed by atoms with van der Waals surface area (Å²) in [4.78, 5) is 27.4. The Bertz CT molecular complexity index is 1320. The topological polar surface area (TPSA) is 97.6 Å². The van der Waals surface area contributed by atoms with Crippen LogP contribution in [0.2, 0.25) is 0 Å². The molecule has 8 heteroatoms. The second kappa shape index (κ2) is 8.74. The highest BCUT2D eigenvalue weighted by Crippen LogP contribution is 2.32. The third-order valence-electron chi connectivity index (χ3n) is 5.62. The van der Waals surface area contributed by atoms with Crippen molar-refractivity contribution in [3.05, 3.63) is 78.2 Å². The van der Waals surface area contributed by atoms with Gasteiger partial charge in [0.15, 0.2) is 0 Å². The quantitative estimate of drug-likeness (QED) is 0.476. The fourth-order valence-electron chi connectivity index (χ4n) is 4.10. The Morgan fingerprint density at radius 2 is 1.88 bits per heavy atom. The van der Waals surface area contributed by atoms with Crippen molar-refractivity contribution in [2.45, 2.75) is 19.3 Å². The number of anilines is 2. The Morgan fingerprint density at radius 1 is 1.09 bits per heavy atom. The molecule has 1 aliphatic heterocycles. The lowest BCUT2D eigenvalue weighted by molar-refractivity contribution is -0.117. The highest BCUT2D eigenvalue weighted by Gasteiger charge is 2.35. The van der Waals surface area contributed by atoms with Crippen LogP contribution >= 0.6 is 0 Å². The monoisotopic (exact) mass is 442 g/mol. The summed E-state index contributed by atoms with van der Waals surface area (Å²) in [5.74, 6) is 0.145. The summed E-state index contributed by atoms with van der Waals surface area (Å²) in [5.41, 5.74) is 1.23. The van der Waals surface area contributed by atoms with Crippen LogP contribution in [0.25, 0.3) is 10.8 Å². The number of nitrogens with zero attached hydrogens (tertiary/aromatic N) is 3. The molecule has 0 aliphatic carbocycles. The maximum Gasteiger partial charge on any atom is 0.322 e. The summed E-state index contributed by atoms with van der Waals surface area (Å²) in [6.07, 6.45) is 0.266. The summed E-state index contributed by atoms with van der Waals surface area (Å²) in [7, 11) is 0. The fraction of sp³-hybridized carbons (Fsp3) is 0.200. The van der Waals surface area contributed by atoms with Crippen LogP contribution < -0.4 is 15.0 Å². The largest absolute Gasteiger partial charge is 0.493 e. The Kier molecular flexibility index (Phi) is 5.48. The molecule has 3 aromatic carbocycles. The molecule has 1 aliphatic rings. The van der Waals surface area contributed by atoms with Crippen LogP contribution in [0, 0.1) is 0 Å². The fourth-order valence-corrected chi connectivity index (χ4v) is 4.10. The van der Waals surface area contributed by atoms with E-state index in [2.05, 4.69) is 15.5 Å². The van der Waals surface area contributed by atoms with Crippen molar-refractivity contribution in [1.82, 2.24) is 10.2 Å². The average Bonchev–Trinajstić information content (AvgIpc) is 3.46. The van der Waals surface area contributed by atoms with Crippen molar-refractivity contribution in [2.24, 2.45) is 0 Å². The number of hydrogen-bond acceptors (Lipinski definition) is 6. The average molecular weight is 442 g/mol. The number of hydrogen-bond donors (Lipinski definition) is 1. The van der Waals surface area contributed by atoms with Crippen LogP contribution in [0.4, 0.5) is 11.7 Å². The first-order valence-electron chi connectivity index (χ1n) is 10.8. The van der Waals surface area contributed by atoms with E-state index >= 15 is 0 Å². The molecule has 1 atom stereocenters. The summed E-state index contributed by atoms with van der Waals surface area (Å²) < 4.78 is 11.4. The lowest BCUT2D eigenvalue weighted by Gasteiger charge is -2.15. The molecule has 8 nitrogen and oxygen atoms in total. The van der Waals surface area contributed by atoms with E-state index in [0.717, 1.165) is 16.5 Å². The molecule has 0 saturated carbocycles. The Balaban J connectivity index is 1.36. The molecule has 1 N–H and O–H groups in total. The smallest absolute Gasteiger partial charge is 0.322 e. The third kappa shape index (κ3) is 4.03. The second-order valence-electron chi connectivity index (χ2n) is 7.73. The van der Waals surface area contributed by atoms with Crippen LogP contribution in [0.15, 0.2) is 71.1 Å². The van der Waals surface area contributed by atoms with Gasteiger partial charge in [-0.1, -0.05) is 53.6 Å². The van der Waals surface area contributed by atoms with E-state index in [1.807, 2.05) is 67.6 Å². The van der Waals surface area contributed by atoms with Crippen LogP contribution in [-0.2, 0) is 4.79 Å². The van der Waals surface area contributed by atoms with Gasteiger partial charge in [-0.15, -0.1) is 5.10 Å². The summed E-state index contributed by atoms with van der Waals surface area (Å²) in [6.45, 7) is 2.73. The minimum Gasteiger partial charge on any atom is -0.493 e. The van der Waals surface area contributed by atoms with Gasteiger partial charge in [-0.3, -0.25) is 14.9 Å². The molecule has 33 heavy (non-hydrogen) atoms. The van der Waals surface area contributed by atoms with Gasteiger partial charge in [0.1, 0.15) is 5.75 Å². The zero-order valence-corrected chi connectivity index (χ0v) is 18.0. The number of fused-ring (bicyclic) bond motifs is 1. The number of benzene rings is 3. The first kappa shape index (κ1) is 20.7. The number of carbonyl (C=O) groups excluding carboxylic acids is 2. The van der Waals surface area contributed by atoms with Gasteiger partial charge in [-0.2, -0.15) is 0 Å². The summed E-state index contributed by atoms with van der Waals surface area (Å²) in [6, 6.07) is 20.7. The van der Waals surface area contributed by atoms with Crippen molar-refractivity contribution < 1.29 is 18.7 Å². The van der Waals surface area contributed by atoms with E-state index in [4.69, 9.17) is 9.15 Å². The predicted octanol–water partition coefficient (Wildman–Crippen LogP) is 4.39. The molecule has 0 bridgehead atoms. The van der Waals surface area contributed by atoms with Crippen molar-refractivity contribution in [3.8, 4) is 5.75 Å². The van der Waals surface area contributed by atoms with Gasteiger partial charge in [0.2, 0.25) is 11.8 Å². The molecule has 5 rings (SSSR count). The minimum absolute atomic E-state index is 0.00732. The molecular weight excluding hydrogens is 420 g/mol. The van der Waals surface area contributed by atoms with E-state index in [1.165, 1.54) is 0 Å². The number of nitrogens with one attached hydrogen (secondary N) is 1. The lowest BCUT2D eigenvalue weighted by Crippen LogP contribution is -2.24. The first-order chi connectivity index (χ1) is 16.1. The number of amides is 2. The molecule has 4 aromatic rings. The molecule has 1 unspecified atom stereocenters. The van der Waals surface area contributed by atoms with Crippen molar-refractivity contribution in [2.75, 3.05) is 23.4 Å². The van der Waals surface area contributed by atoms with Gasteiger partial charge in [-0.25, -0.2) is 0 Å². The number of rotatable bonds is 6. The van der Waals surface area contributed by atoms with Gasteiger partial charge in [0, 0.05) is 18.7 Å². The number of para-hydroxylation sites is 1. The minimum atomic E-state index is -0.404. The van der Waals surface area contributed by atoms with Gasteiger partial charge in [0.25, 0.3) is 5.91 Å². The number of aromatic nitrogens is 2. The molecule has 0 radical (unpaired) electrons. The maximum absolute atomic E-state index is 13.2. The van der Waals surface area contributed by atoms with E-state index in [1.54, 1.807) is 11.0 Å². The van der Waals surface area contributed by atoms with E-state index in [9.17, 15) is 9.59 Å². The molecule has 1 aromatic heterocycles.